The number of fused-ring (bicyclic) bond motifs is 1. The van der Waals surface area contributed by atoms with Gasteiger partial charge in [-0.3, -0.25) is 9.59 Å². The average Bonchev–Trinajstić information content (AvgIpc) is 3.15. The van der Waals surface area contributed by atoms with E-state index in [4.69, 9.17) is 10.00 Å². The summed E-state index contributed by atoms with van der Waals surface area (Å²) in [5, 5.41) is 12.6. The van der Waals surface area contributed by atoms with E-state index in [1.807, 2.05) is 24.3 Å². The van der Waals surface area contributed by atoms with Gasteiger partial charge in [0, 0.05) is 10.4 Å². The molecule has 6 heteroatoms. The number of aryl methyl sites for hydroxylation is 1. The molecular weight excluding hydrogens is 396 g/mol. The number of anilines is 1. The van der Waals surface area contributed by atoms with Crippen molar-refractivity contribution in [3.63, 3.8) is 0 Å². The van der Waals surface area contributed by atoms with E-state index in [9.17, 15) is 9.59 Å². The van der Waals surface area contributed by atoms with Crippen LogP contribution in [0.5, 0.6) is 5.75 Å². The predicted octanol–water partition coefficient (Wildman–Crippen LogP) is 4.75. The molecule has 5 nitrogen and oxygen atoms in total. The molecule has 0 saturated carbocycles. The summed E-state index contributed by atoms with van der Waals surface area (Å²) in [5.74, 6) is -0.0642. The molecule has 0 spiro atoms. The molecule has 0 radical (unpaired) electrons. The van der Waals surface area contributed by atoms with Gasteiger partial charge in [-0.1, -0.05) is 42.5 Å². The second kappa shape index (κ2) is 8.93. The summed E-state index contributed by atoms with van der Waals surface area (Å²) < 4.78 is 5.53. The third kappa shape index (κ3) is 4.12. The van der Waals surface area contributed by atoms with E-state index in [1.54, 1.807) is 36.4 Å². The highest BCUT2D eigenvalue weighted by atomic mass is 32.1. The Labute approximate surface area is 178 Å². The van der Waals surface area contributed by atoms with Crippen LogP contribution in [0, 0.1) is 11.3 Å². The summed E-state index contributed by atoms with van der Waals surface area (Å²) in [7, 11) is 0. The summed E-state index contributed by atoms with van der Waals surface area (Å²) >= 11 is 1.48. The molecule has 3 aromatic rings. The number of hydrogen-bond acceptors (Lipinski definition) is 5. The Bertz CT molecular complexity index is 1130. The van der Waals surface area contributed by atoms with Crippen LogP contribution in [0.25, 0.3) is 0 Å². The van der Waals surface area contributed by atoms with Crippen LogP contribution in [-0.4, -0.2) is 18.3 Å². The molecule has 1 N–H and O–H groups in total. The van der Waals surface area contributed by atoms with Crippen LogP contribution in [0.2, 0.25) is 0 Å². The smallest absolute Gasteiger partial charge is 0.262 e. The molecular formula is C24H20N2O3S. The quantitative estimate of drug-likeness (QED) is 0.588. The minimum Gasteiger partial charge on any atom is -0.482 e. The van der Waals surface area contributed by atoms with Gasteiger partial charge < -0.3 is 10.1 Å². The molecule has 0 unspecified atom stereocenters. The molecule has 2 aromatic carbocycles. The van der Waals surface area contributed by atoms with Gasteiger partial charge in [0.2, 0.25) is 0 Å². The number of ketones is 1. The number of amides is 1. The lowest BCUT2D eigenvalue weighted by atomic mass is 9.92. The van der Waals surface area contributed by atoms with Crippen molar-refractivity contribution in [1.82, 2.24) is 0 Å². The molecule has 1 aromatic heterocycles. The van der Waals surface area contributed by atoms with Gasteiger partial charge >= 0.3 is 0 Å². The number of nitrogens with one attached hydrogen (secondary N) is 1. The van der Waals surface area contributed by atoms with E-state index in [2.05, 4.69) is 5.32 Å². The van der Waals surface area contributed by atoms with Crippen molar-refractivity contribution in [2.75, 3.05) is 11.9 Å². The second-order valence-electron chi connectivity index (χ2n) is 7.05. The SMILES string of the molecule is N#Cc1ccccc1OCC(=O)Nc1sc2c(c1C(=O)c1ccccc1)CCCC2. The monoisotopic (exact) mass is 416 g/mol. The Hall–Kier alpha value is -3.43. The summed E-state index contributed by atoms with van der Waals surface area (Å²) in [4.78, 5) is 27.0. The first-order valence-electron chi connectivity index (χ1n) is 9.83. The van der Waals surface area contributed by atoms with Crippen LogP contribution < -0.4 is 10.1 Å². The predicted molar refractivity (Wildman–Crippen MR) is 116 cm³/mol. The number of ether oxygens (including phenoxy) is 1. The van der Waals surface area contributed by atoms with Crippen molar-refractivity contribution in [2.45, 2.75) is 25.7 Å². The first-order valence-corrected chi connectivity index (χ1v) is 10.6. The van der Waals surface area contributed by atoms with Crippen LogP contribution in [0.3, 0.4) is 0 Å². The normalized spacial score (nSPS) is 12.5. The maximum Gasteiger partial charge on any atom is 0.262 e. The number of nitriles is 1. The first kappa shape index (κ1) is 19.9. The number of thiophene rings is 1. The second-order valence-corrected chi connectivity index (χ2v) is 8.16. The fourth-order valence-corrected chi connectivity index (χ4v) is 4.92. The van der Waals surface area contributed by atoms with E-state index >= 15 is 0 Å². The van der Waals surface area contributed by atoms with E-state index in [0.29, 0.717) is 27.4 Å². The van der Waals surface area contributed by atoms with E-state index in [1.165, 1.54) is 16.2 Å². The largest absolute Gasteiger partial charge is 0.482 e. The number of rotatable bonds is 6. The topological polar surface area (TPSA) is 79.2 Å². The maximum atomic E-state index is 13.2. The third-order valence-electron chi connectivity index (χ3n) is 5.05. The lowest BCUT2D eigenvalue weighted by Crippen LogP contribution is -2.21. The standard InChI is InChI=1S/C24H20N2O3S/c25-14-17-10-4-6-12-19(17)29-15-21(27)26-24-22(18-11-5-7-13-20(18)30-24)23(28)16-8-2-1-3-9-16/h1-4,6,8-10,12H,5,7,11,13,15H2,(H,26,27). The lowest BCUT2D eigenvalue weighted by Gasteiger charge is -2.13. The molecule has 0 atom stereocenters. The van der Waals surface area contributed by atoms with Gasteiger partial charge in [-0.15, -0.1) is 11.3 Å². The molecule has 0 bridgehead atoms. The molecule has 0 saturated heterocycles. The average molecular weight is 417 g/mol. The number of para-hydroxylation sites is 1. The van der Waals surface area contributed by atoms with Crippen molar-refractivity contribution >= 4 is 28.0 Å². The number of carbonyl (C=O) groups excluding carboxylic acids is 2. The van der Waals surface area contributed by atoms with Gasteiger partial charge in [0.05, 0.1) is 11.1 Å². The third-order valence-corrected chi connectivity index (χ3v) is 6.26. The summed E-state index contributed by atoms with van der Waals surface area (Å²) in [6.45, 7) is -0.236. The van der Waals surface area contributed by atoms with Gasteiger partial charge in [-0.2, -0.15) is 5.26 Å². The van der Waals surface area contributed by atoms with Crippen molar-refractivity contribution in [2.24, 2.45) is 0 Å². The lowest BCUT2D eigenvalue weighted by molar-refractivity contribution is -0.118. The zero-order valence-corrected chi connectivity index (χ0v) is 17.1. The first-order chi connectivity index (χ1) is 14.7. The number of nitrogens with zero attached hydrogens (tertiary/aromatic N) is 1. The number of hydrogen-bond donors (Lipinski definition) is 1. The highest BCUT2D eigenvalue weighted by molar-refractivity contribution is 7.17. The van der Waals surface area contributed by atoms with Gasteiger partial charge in [-0.25, -0.2) is 0 Å². The fraction of sp³-hybridized carbons (Fsp3) is 0.208. The van der Waals surface area contributed by atoms with Crippen LogP contribution in [0.1, 0.15) is 44.8 Å². The van der Waals surface area contributed by atoms with Crippen LogP contribution in [0.4, 0.5) is 5.00 Å². The Balaban J connectivity index is 1.56. The fourth-order valence-electron chi connectivity index (χ4n) is 3.62. The Morgan fingerprint density at radius 1 is 1.03 bits per heavy atom. The highest BCUT2D eigenvalue weighted by Crippen LogP contribution is 2.39. The molecule has 0 fully saturated rings. The van der Waals surface area contributed by atoms with E-state index in [-0.39, 0.29) is 18.3 Å². The Morgan fingerprint density at radius 2 is 1.77 bits per heavy atom. The zero-order valence-electron chi connectivity index (χ0n) is 16.3. The molecule has 1 heterocycles. The summed E-state index contributed by atoms with van der Waals surface area (Å²) in [5.41, 5.74) is 2.65. The van der Waals surface area contributed by atoms with Gasteiger partial charge in [0.15, 0.2) is 12.4 Å². The van der Waals surface area contributed by atoms with Crippen LogP contribution >= 0.6 is 11.3 Å². The molecule has 1 amide bonds. The van der Waals surface area contributed by atoms with Gasteiger partial charge in [0.25, 0.3) is 5.91 Å². The zero-order chi connectivity index (χ0) is 20.9. The Morgan fingerprint density at radius 3 is 2.57 bits per heavy atom. The highest BCUT2D eigenvalue weighted by Gasteiger charge is 2.27. The van der Waals surface area contributed by atoms with Gasteiger partial charge in [0.1, 0.15) is 16.8 Å². The summed E-state index contributed by atoms with van der Waals surface area (Å²) in [6, 6.07) is 18.0. The van der Waals surface area contributed by atoms with Crippen molar-refractivity contribution in [3.05, 3.63) is 81.7 Å². The minimum absolute atomic E-state index is 0.0685. The van der Waals surface area contributed by atoms with E-state index in [0.717, 1.165) is 31.2 Å². The van der Waals surface area contributed by atoms with Gasteiger partial charge in [-0.05, 0) is 43.4 Å². The molecule has 0 aliphatic heterocycles. The molecule has 1 aliphatic rings. The van der Waals surface area contributed by atoms with Crippen LogP contribution in [0.15, 0.2) is 54.6 Å². The summed E-state index contributed by atoms with van der Waals surface area (Å²) in [6.07, 6.45) is 3.91. The Kier molecular flexibility index (Phi) is 5.92. The van der Waals surface area contributed by atoms with Crippen molar-refractivity contribution < 1.29 is 14.3 Å². The van der Waals surface area contributed by atoms with Crippen molar-refractivity contribution in [3.8, 4) is 11.8 Å². The molecule has 1 aliphatic carbocycles. The van der Waals surface area contributed by atoms with Crippen LogP contribution in [-0.2, 0) is 17.6 Å². The molecule has 150 valence electrons. The number of carbonyl (C=O) groups is 2. The number of benzene rings is 2. The van der Waals surface area contributed by atoms with E-state index < -0.39 is 0 Å². The van der Waals surface area contributed by atoms with Crippen molar-refractivity contribution in [1.29, 1.82) is 5.26 Å². The molecule has 30 heavy (non-hydrogen) atoms. The maximum absolute atomic E-state index is 13.2. The minimum atomic E-state index is -0.358. The molecule has 4 rings (SSSR count).